The van der Waals surface area contributed by atoms with Crippen molar-refractivity contribution in [3.05, 3.63) is 30.3 Å². The number of hydrogen-bond acceptors (Lipinski definition) is 3. The van der Waals surface area contributed by atoms with Crippen molar-refractivity contribution in [2.24, 2.45) is 16.6 Å². The van der Waals surface area contributed by atoms with Crippen molar-refractivity contribution >= 4 is 23.6 Å². The lowest BCUT2D eigenvalue weighted by molar-refractivity contribution is -0.119. The highest BCUT2D eigenvalue weighted by Crippen LogP contribution is 2.20. The molecule has 1 amide bonds. The van der Waals surface area contributed by atoms with Gasteiger partial charge in [-0.25, -0.2) is 0 Å². The summed E-state index contributed by atoms with van der Waals surface area (Å²) >= 11 is 1.88. The lowest BCUT2D eigenvalue weighted by Crippen LogP contribution is -2.47. The topological polar surface area (TPSA) is 70.7 Å². The van der Waals surface area contributed by atoms with Crippen LogP contribution in [0.5, 0.6) is 0 Å². The van der Waals surface area contributed by atoms with Crippen LogP contribution in [0.1, 0.15) is 25.7 Å². The molecule has 0 aromatic heterocycles. The van der Waals surface area contributed by atoms with Crippen LogP contribution >= 0.6 is 11.8 Å². The molecule has 1 aliphatic rings. The second-order valence-corrected chi connectivity index (χ2v) is 7.28. The van der Waals surface area contributed by atoms with Crippen molar-refractivity contribution in [1.82, 2.24) is 10.2 Å². The highest BCUT2D eigenvalue weighted by atomic mass is 32.2. The summed E-state index contributed by atoms with van der Waals surface area (Å²) in [5.74, 6) is 2.17. The van der Waals surface area contributed by atoms with Gasteiger partial charge in [0.2, 0.25) is 5.91 Å². The Morgan fingerprint density at radius 1 is 1.42 bits per heavy atom. The summed E-state index contributed by atoms with van der Waals surface area (Å²) in [6.07, 6.45) is 3.71. The van der Waals surface area contributed by atoms with Crippen LogP contribution in [0.4, 0.5) is 0 Å². The molecular weight excluding hydrogens is 320 g/mol. The number of primary amides is 1. The molecule has 0 spiro atoms. The molecule has 1 aromatic rings. The van der Waals surface area contributed by atoms with Crippen LogP contribution in [-0.4, -0.2) is 49.2 Å². The summed E-state index contributed by atoms with van der Waals surface area (Å²) < 4.78 is 0. The van der Waals surface area contributed by atoms with Gasteiger partial charge in [0.25, 0.3) is 0 Å². The number of thioether (sulfide) groups is 1. The van der Waals surface area contributed by atoms with Gasteiger partial charge in [0.1, 0.15) is 0 Å². The number of nitrogens with one attached hydrogen (secondary N) is 1. The summed E-state index contributed by atoms with van der Waals surface area (Å²) in [5, 5.41) is 3.45. The quantitative estimate of drug-likeness (QED) is 0.343. The van der Waals surface area contributed by atoms with Gasteiger partial charge in [0.05, 0.1) is 0 Å². The molecule has 0 aliphatic carbocycles. The monoisotopic (exact) mass is 348 g/mol. The van der Waals surface area contributed by atoms with Gasteiger partial charge >= 0.3 is 0 Å². The van der Waals surface area contributed by atoms with Crippen molar-refractivity contribution in [2.75, 3.05) is 32.4 Å². The number of guanidine groups is 1. The first-order valence-corrected chi connectivity index (χ1v) is 9.59. The largest absolute Gasteiger partial charge is 0.370 e. The van der Waals surface area contributed by atoms with Gasteiger partial charge in [0.15, 0.2) is 5.96 Å². The van der Waals surface area contributed by atoms with E-state index in [-0.39, 0.29) is 5.91 Å². The molecule has 5 nitrogen and oxygen atoms in total. The van der Waals surface area contributed by atoms with Crippen molar-refractivity contribution in [2.45, 2.75) is 30.6 Å². The van der Waals surface area contributed by atoms with Crippen LogP contribution in [0.3, 0.4) is 0 Å². The predicted molar refractivity (Wildman–Crippen MR) is 101 cm³/mol. The third kappa shape index (κ3) is 6.43. The van der Waals surface area contributed by atoms with Gasteiger partial charge < -0.3 is 16.0 Å². The number of nitrogens with zero attached hydrogens (tertiary/aromatic N) is 2. The summed E-state index contributed by atoms with van der Waals surface area (Å²) in [6, 6.07) is 10.5. The standard InChI is InChI=1S/C18H28N4OS/c1-20-18(22-11-5-7-15(14-22)13-17(19)23)21-10-6-12-24-16-8-3-2-4-9-16/h2-4,8-9,15H,5-7,10-14H2,1H3,(H2,19,23)(H,20,21). The third-order valence-corrected chi connectivity index (χ3v) is 5.23. The van der Waals surface area contributed by atoms with Gasteiger partial charge in [-0.2, -0.15) is 0 Å². The average molecular weight is 349 g/mol. The number of carbonyl (C=O) groups excluding carboxylic acids is 1. The first-order chi connectivity index (χ1) is 11.7. The van der Waals surface area contributed by atoms with Gasteiger partial charge in [-0.15, -0.1) is 11.8 Å². The number of benzene rings is 1. The van der Waals surface area contributed by atoms with Gasteiger partial charge in [-0.05, 0) is 43.1 Å². The van der Waals surface area contributed by atoms with E-state index in [1.54, 1.807) is 0 Å². The fraction of sp³-hybridized carbons (Fsp3) is 0.556. The maximum absolute atomic E-state index is 11.1. The second-order valence-electron chi connectivity index (χ2n) is 6.11. The number of hydrogen-bond donors (Lipinski definition) is 2. The van der Waals surface area contributed by atoms with E-state index in [9.17, 15) is 4.79 Å². The molecule has 24 heavy (non-hydrogen) atoms. The summed E-state index contributed by atoms with van der Waals surface area (Å²) in [7, 11) is 1.82. The van der Waals surface area contributed by atoms with Crippen molar-refractivity contribution in [3.8, 4) is 0 Å². The number of likely N-dealkylation sites (tertiary alicyclic amines) is 1. The Morgan fingerprint density at radius 3 is 2.92 bits per heavy atom. The fourth-order valence-corrected chi connectivity index (χ4v) is 3.89. The Hall–Kier alpha value is -1.69. The molecule has 2 rings (SSSR count). The Labute approximate surface area is 149 Å². The van der Waals surface area contributed by atoms with Crippen LogP contribution in [0.25, 0.3) is 0 Å². The predicted octanol–water partition coefficient (Wildman–Crippen LogP) is 2.33. The fourth-order valence-electron chi connectivity index (χ4n) is 3.02. The second kappa shape index (κ2) is 10.2. The van der Waals surface area contributed by atoms with E-state index in [1.165, 1.54) is 4.90 Å². The average Bonchev–Trinajstić information content (AvgIpc) is 2.58. The Kier molecular flexibility index (Phi) is 7.95. The zero-order valence-electron chi connectivity index (χ0n) is 14.4. The number of piperidine rings is 1. The molecule has 0 bridgehead atoms. The van der Waals surface area contributed by atoms with E-state index < -0.39 is 0 Å². The molecule has 3 N–H and O–H groups in total. The molecule has 1 heterocycles. The lowest BCUT2D eigenvalue weighted by atomic mass is 9.95. The van der Waals surface area contributed by atoms with Gasteiger partial charge in [-0.3, -0.25) is 9.79 Å². The molecule has 1 unspecified atom stereocenters. The number of carbonyl (C=O) groups is 1. The third-order valence-electron chi connectivity index (χ3n) is 4.14. The normalized spacial score (nSPS) is 18.5. The van der Waals surface area contributed by atoms with E-state index in [4.69, 9.17) is 5.73 Å². The zero-order valence-corrected chi connectivity index (χ0v) is 15.2. The molecular formula is C18H28N4OS. The molecule has 0 radical (unpaired) electrons. The number of aliphatic imine (C=N–C) groups is 1. The van der Waals surface area contributed by atoms with Gasteiger partial charge in [0, 0.05) is 38.0 Å². The van der Waals surface area contributed by atoms with Crippen LogP contribution in [-0.2, 0) is 4.79 Å². The summed E-state index contributed by atoms with van der Waals surface area (Å²) in [6.45, 7) is 2.76. The molecule has 0 saturated carbocycles. The Morgan fingerprint density at radius 2 is 2.21 bits per heavy atom. The molecule has 1 atom stereocenters. The van der Waals surface area contributed by atoms with E-state index in [0.717, 1.165) is 50.6 Å². The maximum Gasteiger partial charge on any atom is 0.217 e. The number of amides is 1. The van der Waals surface area contributed by atoms with Crippen molar-refractivity contribution in [3.63, 3.8) is 0 Å². The van der Waals surface area contributed by atoms with Crippen LogP contribution in [0.15, 0.2) is 40.2 Å². The lowest BCUT2D eigenvalue weighted by Gasteiger charge is -2.34. The first kappa shape index (κ1) is 18.6. The smallest absolute Gasteiger partial charge is 0.217 e. The summed E-state index contributed by atoms with van der Waals surface area (Å²) in [5.41, 5.74) is 5.33. The van der Waals surface area contributed by atoms with E-state index in [2.05, 4.69) is 39.5 Å². The minimum atomic E-state index is -0.206. The SMILES string of the molecule is CN=C(NCCCSc1ccccc1)N1CCCC(CC(N)=O)C1. The van der Waals surface area contributed by atoms with E-state index in [0.29, 0.717) is 12.3 Å². The molecule has 132 valence electrons. The highest BCUT2D eigenvalue weighted by molar-refractivity contribution is 7.99. The van der Waals surface area contributed by atoms with Crippen molar-refractivity contribution < 1.29 is 4.79 Å². The van der Waals surface area contributed by atoms with Gasteiger partial charge in [-0.1, -0.05) is 18.2 Å². The van der Waals surface area contributed by atoms with Crippen molar-refractivity contribution in [1.29, 1.82) is 0 Å². The molecule has 1 aliphatic heterocycles. The molecule has 1 aromatic carbocycles. The van der Waals surface area contributed by atoms with Crippen LogP contribution in [0.2, 0.25) is 0 Å². The Bertz CT molecular complexity index is 535. The minimum Gasteiger partial charge on any atom is -0.370 e. The summed E-state index contributed by atoms with van der Waals surface area (Å²) in [4.78, 5) is 19.1. The Balaban J connectivity index is 1.69. The maximum atomic E-state index is 11.1. The highest BCUT2D eigenvalue weighted by Gasteiger charge is 2.23. The van der Waals surface area contributed by atoms with Crippen LogP contribution in [0, 0.1) is 5.92 Å². The van der Waals surface area contributed by atoms with E-state index in [1.807, 2.05) is 24.9 Å². The molecule has 6 heteroatoms. The minimum absolute atomic E-state index is 0.206. The zero-order chi connectivity index (χ0) is 17.2. The van der Waals surface area contributed by atoms with E-state index >= 15 is 0 Å². The number of rotatable bonds is 7. The molecule has 1 saturated heterocycles. The first-order valence-electron chi connectivity index (χ1n) is 8.61. The number of nitrogens with two attached hydrogens (primary N) is 1. The van der Waals surface area contributed by atoms with Crippen LogP contribution < -0.4 is 11.1 Å². The molecule has 1 fully saturated rings.